The second-order valence-corrected chi connectivity index (χ2v) is 3.38. The van der Waals surface area contributed by atoms with Gasteiger partial charge in [0.05, 0.1) is 23.9 Å². The van der Waals surface area contributed by atoms with E-state index < -0.39 is 46.1 Å². The molecule has 0 saturated carbocycles. The predicted octanol–water partition coefficient (Wildman–Crippen LogP) is -3.36. The summed E-state index contributed by atoms with van der Waals surface area (Å²) in [7, 11) is 0. The van der Waals surface area contributed by atoms with Gasteiger partial charge < -0.3 is 69.3 Å². The van der Waals surface area contributed by atoms with Crippen molar-refractivity contribution in [3.63, 3.8) is 0 Å². The number of hydrogen-bond acceptors (Lipinski definition) is 9. The molecule has 0 fully saturated rings. The van der Waals surface area contributed by atoms with Gasteiger partial charge in [0, 0.05) is 28.9 Å². The van der Waals surface area contributed by atoms with Crippen LogP contribution in [0.4, 0.5) is 0 Å². The standard InChI is InChI=1S/C10H6O8.C2H6O.4H3N/c11-7(12)3-1-2-4(8(13)14)6(10(17)18)5(3)9(15)16;1-2-3;;;;/h1-2H,(H,11,12)(H,13,14)(H,15,16)(H,17,18);3H,2H2,1H3;4*1H3. The molecule has 0 amide bonds. The predicted molar refractivity (Wildman–Crippen MR) is 80.5 cm³/mol. The molecule has 0 unspecified atom stereocenters. The zero-order valence-electron chi connectivity index (χ0n) is 14.6. The summed E-state index contributed by atoms with van der Waals surface area (Å²) in [5.41, 5.74) is -4.73. The average molecular weight is 368 g/mol. The van der Waals surface area contributed by atoms with Gasteiger partial charge in [-0.25, -0.2) is 0 Å². The number of hydrogen-bond donors (Lipinski definition) is 5. The van der Waals surface area contributed by atoms with Crippen molar-refractivity contribution in [2.45, 2.75) is 6.92 Å². The summed E-state index contributed by atoms with van der Waals surface area (Å²) in [4.78, 5) is 42.6. The Hall–Kier alpha value is -3.10. The van der Waals surface area contributed by atoms with Gasteiger partial charge in [-0.15, -0.1) is 0 Å². The molecule has 17 N–H and O–H groups in total. The van der Waals surface area contributed by atoms with Gasteiger partial charge in [0.25, 0.3) is 0 Å². The molecule has 0 aliphatic carbocycles. The highest BCUT2D eigenvalue weighted by Crippen LogP contribution is 2.18. The lowest BCUT2D eigenvalue weighted by Crippen LogP contribution is -2.37. The van der Waals surface area contributed by atoms with Crippen molar-refractivity contribution in [1.29, 1.82) is 0 Å². The molecule has 13 nitrogen and oxygen atoms in total. The summed E-state index contributed by atoms with van der Waals surface area (Å²) in [6.45, 7) is 1.93. The number of aliphatic hydroxyl groups excluding tert-OH is 1. The van der Waals surface area contributed by atoms with Crippen molar-refractivity contribution in [3.8, 4) is 0 Å². The number of carbonyl (C=O) groups excluding carboxylic acids is 4. The molecule has 0 aliphatic rings. The maximum atomic E-state index is 10.7. The van der Waals surface area contributed by atoms with Crippen LogP contribution in [-0.2, 0) is 0 Å². The maximum absolute atomic E-state index is 10.7. The number of benzene rings is 1. The van der Waals surface area contributed by atoms with E-state index in [4.69, 9.17) is 5.11 Å². The van der Waals surface area contributed by atoms with E-state index >= 15 is 0 Å². The normalized spacial score (nSPS) is 7.76. The molecule has 0 heterocycles. The lowest BCUT2D eigenvalue weighted by molar-refractivity contribution is -0.262. The number of aliphatic hydroxyl groups is 1. The summed E-state index contributed by atoms with van der Waals surface area (Å²) in [6.07, 6.45) is 0. The summed E-state index contributed by atoms with van der Waals surface area (Å²) in [6, 6.07) is 1.14. The summed E-state index contributed by atoms with van der Waals surface area (Å²) < 4.78 is 0. The topological polar surface area (TPSA) is 327 Å². The summed E-state index contributed by atoms with van der Waals surface area (Å²) in [5.74, 6) is -8.36. The molecule has 1 rings (SSSR count). The largest absolute Gasteiger partial charge is 0.545 e. The van der Waals surface area contributed by atoms with Gasteiger partial charge in [0.15, 0.2) is 0 Å². The first-order valence-electron chi connectivity index (χ1n) is 5.32. The van der Waals surface area contributed by atoms with Crippen LogP contribution in [-0.4, -0.2) is 35.6 Å². The minimum absolute atomic E-state index is 0. The fraction of sp³-hybridized carbons (Fsp3) is 0.167. The quantitative estimate of drug-likeness (QED) is 0.353. The first-order chi connectivity index (χ1) is 9.68. The third-order valence-electron chi connectivity index (χ3n) is 2.05. The fourth-order valence-corrected chi connectivity index (χ4v) is 1.37. The molecule has 0 aliphatic heterocycles. The van der Waals surface area contributed by atoms with Crippen molar-refractivity contribution in [2.24, 2.45) is 0 Å². The summed E-state index contributed by atoms with van der Waals surface area (Å²) in [5, 5.41) is 50.2. The number of carbonyl (C=O) groups is 4. The molecule has 0 spiro atoms. The lowest BCUT2D eigenvalue weighted by atomic mass is 9.95. The van der Waals surface area contributed by atoms with Gasteiger partial charge in [-0.3, -0.25) is 0 Å². The minimum atomic E-state index is -2.18. The first kappa shape index (κ1) is 33.5. The number of rotatable bonds is 4. The van der Waals surface area contributed by atoms with Crippen LogP contribution in [0.25, 0.3) is 0 Å². The second-order valence-electron chi connectivity index (χ2n) is 3.38. The molecule has 1 aromatic carbocycles. The highest BCUT2D eigenvalue weighted by Gasteiger charge is 2.16. The van der Waals surface area contributed by atoms with E-state index in [1.54, 1.807) is 6.92 Å². The lowest BCUT2D eigenvalue weighted by Gasteiger charge is -2.20. The van der Waals surface area contributed by atoms with Crippen LogP contribution >= 0.6 is 0 Å². The zero-order valence-corrected chi connectivity index (χ0v) is 14.6. The molecule has 0 aromatic heterocycles. The van der Waals surface area contributed by atoms with Crippen molar-refractivity contribution in [2.75, 3.05) is 6.61 Å². The van der Waals surface area contributed by atoms with E-state index in [0.29, 0.717) is 12.1 Å². The van der Waals surface area contributed by atoms with Crippen LogP contribution in [0.2, 0.25) is 0 Å². The molecule has 13 heteroatoms. The van der Waals surface area contributed by atoms with Gasteiger partial charge in [-0.05, 0) is 6.92 Å². The third kappa shape index (κ3) is 8.35. The Morgan fingerprint density at radius 3 is 1.04 bits per heavy atom. The molecule has 0 atom stereocenters. The van der Waals surface area contributed by atoms with Gasteiger partial charge in [0.2, 0.25) is 0 Å². The molecular weight excluding hydrogens is 344 g/mol. The maximum Gasteiger partial charge on any atom is 0.0728 e. The van der Waals surface area contributed by atoms with E-state index in [0.717, 1.165) is 0 Å². The number of carboxylic acid groups (broad SMARTS) is 4. The first-order valence-corrected chi connectivity index (χ1v) is 5.32. The van der Waals surface area contributed by atoms with Gasteiger partial charge in [-0.2, -0.15) is 0 Å². The smallest absolute Gasteiger partial charge is 0.0728 e. The highest BCUT2D eigenvalue weighted by atomic mass is 16.4. The van der Waals surface area contributed by atoms with E-state index in [1.165, 1.54) is 0 Å². The monoisotopic (exact) mass is 368 g/mol. The Kier molecular flexibility index (Phi) is 19.4. The van der Waals surface area contributed by atoms with Crippen LogP contribution in [0.3, 0.4) is 0 Å². The molecule has 25 heavy (non-hydrogen) atoms. The second kappa shape index (κ2) is 14.5. The third-order valence-corrected chi connectivity index (χ3v) is 2.05. The van der Waals surface area contributed by atoms with Gasteiger partial charge in [0.1, 0.15) is 0 Å². The summed E-state index contributed by atoms with van der Waals surface area (Å²) >= 11 is 0. The van der Waals surface area contributed by atoms with Crippen molar-refractivity contribution < 1.29 is 44.7 Å². The van der Waals surface area contributed by atoms with E-state index in [2.05, 4.69) is 0 Å². The van der Waals surface area contributed by atoms with E-state index in [1.807, 2.05) is 0 Å². The molecule has 0 radical (unpaired) electrons. The fourth-order valence-electron chi connectivity index (χ4n) is 1.37. The number of aromatic carboxylic acids is 4. The van der Waals surface area contributed by atoms with Crippen LogP contribution in [0.5, 0.6) is 0 Å². The Labute approximate surface area is 142 Å². The molecule has 0 bridgehead atoms. The molecular formula is C12H24N4O9. The van der Waals surface area contributed by atoms with Crippen LogP contribution in [0.1, 0.15) is 48.4 Å². The van der Waals surface area contributed by atoms with Crippen LogP contribution < -0.4 is 45.0 Å². The van der Waals surface area contributed by atoms with Crippen molar-refractivity contribution in [1.82, 2.24) is 24.6 Å². The zero-order chi connectivity index (χ0) is 16.7. The van der Waals surface area contributed by atoms with Gasteiger partial charge >= 0.3 is 0 Å². The molecule has 1 aromatic rings. The highest BCUT2D eigenvalue weighted by molar-refractivity contribution is 6.12. The van der Waals surface area contributed by atoms with Crippen LogP contribution in [0.15, 0.2) is 12.1 Å². The van der Waals surface area contributed by atoms with E-state index in [9.17, 15) is 39.6 Å². The van der Waals surface area contributed by atoms with Gasteiger partial charge in [-0.1, -0.05) is 12.1 Å². The van der Waals surface area contributed by atoms with Crippen molar-refractivity contribution >= 4 is 23.9 Å². The SMILES string of the molecule is CCO.O=C([O-])c1ccc(C(=O)[O-])c(C(=O)[O-])c1C(=O)[O-].[NH4+].[NH4+].[NH4+].[NH4+]. The van der Waals surface area contributed by atoms with E-state index in [-0.39, 0.29) is 31.2 Å². The Morgan fingerprint density at radius 2 is 0.920 bits per heavy atom. The Balaban J connectivity index is -0.000000177. The molecule has 0 saturated heterocycles. The Bertz CT molecular complexity index is 553. The number of carboxylic acids is 4. The van der Waals surface area contributed by atoms with Crippen molar-refractivity contribution in [3.05, 3.63) is 34.4 Å². The molecule has 146 valence electrons. The number of quaternary nitrogens is 4. The average Bonchev–Trinajstić information content (AvgIpc) is 2.37. The van der Waals surface area contributed by atoms with Crippen LogP contribution in [0, 0.1) is 0 Å². The Morgan fingerprint density at radius 1 is 0.720 bits per heavy atom. The minimum Gasteiger partial charge on any atom is -0.545 e.